The number of hydrogen-bond donors (Lipinski definition) is 1. The third-order valence-electron chi connectivity index (χ3n) is 3.12. The highest BCUT2D eigenvalue weighted by Gasteiger charge is 2.15. The first-order valence-corrected chi connectivity index (χ1v) is 8.37. The van der Waals surface area contributed by atoms with Crippen molar-refractivity contribution in [2.75, 3.05) is 6.54 Å². The van der Waals surface area contributed by atoms with Crippen molar-refractivity contribution in [3.05, 3.63) is 28.5 Å². The van der Waals surface area contributed by atoms with Gasteiger partial charge in [-0.05, 0) is 25.3 Å². The number of thiazole rings is 1. The Morgan fingerprint density at radius 2 is 2.09 bits per heavy atom. The predicted octanol–water partition coefficient (Wildman–Crippen LogP) is 3.04. The Morgan fingerprint density at radius 1 is 1.36 bits per heavy atom. The molecule has 0 unspecified atom stereocenters. The van der Waals surface area contributed by atoms with Crippen LogP contribution in [0.25, 0.3) is 5.13 Å². The molecule has 0 fully saturated rings. The minimum absolute atomic E-state index is 0.0212. The summed E-state index contributed by atoms with van der Waals surface area (Å²) in [6, 6.07) is 2.04. The van der Waals surface area contributed by atoms with Gasteiger partial charge in [0.2, 0.25) is 11.0 Å². The van der Waals surface area contributed by atoms with E-state index in [0.29, 0.717) is 13.0 Å². The van der Waals surface area contributed by atoms with Crippen LogP contribution in [0.1, 0.15) is 44.3 Å². The molecule has 22 heavy (non-hydrogen) atoms. The molecule has 2 aromatic rings. The third kappa shape index (κ3) is 4.66. The number of rotatable bonds is 5. The van der Waals surface area contributed by atoms with Gasteiger partial charge in [-0.3, -0.25) is 4.79 Å². The number of nitrogens with zero attached hydrogens (tertiary/aromatic N) is 3. The summed E-state index contributed by atoms with van der Waals surface area (Å²) < 4.78 is 1.86. The van der Waals surface area contributed by atoms with Crippen molar-refractivity contribution in [2.24, 2.45) is 5.41 Å². The lowest BCUT2D eigenvalue weighted by Crippen LogP contribution is -2.29. The summed E-state index contributed by atoms with van der Waals surface area (Å²) in [5.41, 5.74) is 3.08. The minimum atomic E-state index is 0.0212. The van der Waals surface area contributed by atoms with E-state index in [4.69, 9.17) is 0 Å². The van der Waals surface area contributed by atoms with E-state index in [2.05, 4.69) is 36.2 Å². The van der Waals surface area contributed by atoms with Crippen molar-refractivity contribution < 1.29 is 4.79 Å². The van der Waals surface area contributed by atoms with Crippen LogP contribution in [0.4, 0.5) is 0 Å². The van der Waals surface area contributed by atoms with E-state index in [9.17, 15) is 4.79 Å². The summed E-state index contributed by atoms with van der Waals surface area (Å²) in [6.45, 7) is 10.8. The average molecular weight is 320 g/mol. The number of carbonyl (C=O) groups excluding carboxylic acids is 1. The van der Waals surface area contributed by atoms with Gasteiger partial charge in [-0.2, -0.15) is 5.10 Å². The SMILES string of the molecule is Cc1cc(C)n(-c2nc(CCNC(=O)CC(C)(C)C)cs2)n1. The van der Waals surface area contributed by atoms with Crippen molar-refractivity contribution >= 4 is 17.2 Å². The number of carbonyl (C=O) groups is 1. The normalized spacial score (nSPS) is 11.7. The first-order chi connectivity index (χ1) is 10.2. The Morgan fingerprint density at radius 3 is 2.68 bits per heavy atom. The van der Waals surface area contributed by atoms with Crippen LogP contribution in [0.3, 0.4) is 0 Å². The molecular weight excluding hydrogens is 296 g/mol. The first-order valence-electron chi connectivity index (χ1n) is 7.49. The van der Waals surface area contributed by atoms with Crippen LogP contribution in [0.2, 0.25) is 0 Å². The molecule has 1 N–H and O–H groups in total. The van der Waals surface area contributed by atoms with Crippen molar-refractivity contribution in [1.29, 1.82) is 0 Å². The van der Waals surface area contributed by atoms with Gasteiger partial charge in [-0.15, -0.1) is 11.3 Å². The zero-order valence-electron chi connectivity index (χ0n) is 13.9. The molecule has 5 nitrogen and oxygen atoms in total. The van der Waals surface area contributed by atoms with E-state index in [-0.39, 0.29) is 11.3 Å². The summed E-state index contributed by atoms with van der Waals surface area (Å²) in [6.07, 6.45) is 1.28. The number of aromatic nitrogens is 3. The molecule has 0 aliphatic carbocycles. The topological polar surface area (TPSA) is 59.8 Å². The standard InChI is InChI=1S/C16H24N4OS/c1-11-8-12(2)20(19-11)15-18-13(10-22-15)6-7-17-14(21)9-16(3,4)5/h8,10H,6-7,9H2,1-5H3,(H,17,21). The van der Waals surface area contributed by atoms with Gasteiger partial charge in [-0.1, -0.05) is 20.8 Å². The van der Waals surface area contributed by atoms with Gasteiger partial charge in [0.25, 0.3) is 0 Å². The fraction of sp³-hybridized carbons (Fsp3) is 0.562. The lowest BCUT2D eigenvalue weighted by molar-refractivity contribution is -0.122. The lowest BCUT2D eigenvalue weighted by atomic mass is 9.92. The third-order valence-corrected chi connectivity index (χ3v) is 3.99. The van der Waals surface area contributed by atoms with E-state index < -0.39 is 0 Å². The van der Waals surface area contributed by atoms with E-state index in [1.54, 1.807) is 11.3 Å². The molecule has 2 aromatic heterocycles. The molecule has 0 aliphatic rings. The summed E-state index contributed by atoms with van der Waals surface area (Å²) >= 11 is 1.58. The maximum absolute atomic E-state index is 11.8. The first kappa shape index (κ1) is 16.7. The molecular formula is C16H24N4OS. The van der Waals surface area contributed by atoms with Gasteiger partial charge in [-0.25, -0.2) is 9.67 Å². The van der Waals surface area contributed by atoms with Crippen molar-refractivity contribution in [2.45, 2.75) is 47.5 Å². The smallest absolute Gasteiger partial charge is 0.220 e. The van der Waals surface area contributed by atoms with Crippen LogP contribution in [0.15, 0.2) is 11.4 Å². The van der Waals surface area contributed by atoms with Crippen molar-refractivity contribution in [3.8, 4) is 5.13 Å². The van der Waals surface area contributed by atoms with Crippen LogP contribution in [-0.2, 0) is 11.2 Å². The van der Waals surface area contributed by atoms with Crippen LogP contribution in [0, 0.1) is 19.3 Å². The maximum atomic E-state index is 11.8. The van der Waals surface area contributed by atoms with Gasteiger partial charge < -0.3 is 5.32 Å². The van der Waals surface area contributed by atoms with Gasteiger partial charge in [0.15, 0.2) is 0 Å². The Balaban J connectivity index is 1.88. The summed E-state index contributed by atoms with van der Waals surface area (Å²) in [5, 5.41) is 10.3. The van der Waals surface area contributed by atoms with Gasteiger partial charge >= 0.3 is 0 Å². The molecule has 0 aliphatic heterocycles. The van der Waals surface area contributed by atoms with Gasteiger partial charge in [0, 0.05) is 30.5 Å². The molecule has 0 radical (unpaired) electrons. The van der Waals surface area contributed by atoms with E-state index in [1.807, 2.05) is 30.0 Å². The summed E-state index contributed by atoms with van der Waals surface area (Å²) in [5.74, 6) is 0.0986. The molecule has 2 rings (SSSR count). The molecule has 0 saturated heterocycles. The largest absolute Gasteiger partial charge is 0.356 e. The molecule has 0 bridgehead atoms. The lowest BCUT2D eigenvalue weighted by Gasteiger charge is -2.17. The minimum Gasteiger partial charge on any atom is -0.356 e. The molecule has 0 aromatic carbocycles. The number of nitrogens with one attached hydrogen (secondary N) is 1. The van der Waals surface area contributed by atoms with E-state index in [1.165, 1.54) is 0 Å². The van der Waals surface area contributed by atoms with E-state index in [0.717, 1.165) is 28.6 Å². The van der Waals surface area contributed by atoms with Crippen LogP contribution < -0.4 is 5.32 Å². The number of hydrogen-bond acceptors (Lipinski definition) is 4. The fourth-order valence-corrected chi connectivity index (χ4v) is 3.07. The second kappa shape index (κ2) is 6.60. The van der Waals surface area contributed by atoms with E-state index >= 15 is 0 Å². The Kier molecular flexibility index (Phi) is 5.01. The molecule has 1 amide bonds. The monoisotopic (exact) mass is 320 g/mol. The molecule has 120 valence electrons. The zero-order valence-corrected chi connectivity index (χ0v) is 14.8. The van der Waals surface area contributed by atoms with Crippen LogP contribution >= 0.6 is 11.3 Å². The van der Waals surface area contributed by atoms with Crippen molar-refractivity contribution in [1.82, 2.24) is 20.1 Å². The second-order valence-electron chi connectivity index (χ2n) is 6.80. The predicted molar refractivity (Wildman–Crippen MR) is 89.5 cm³/mol. The highest BCUT2D eigenvalue weighted by molar-refractivity contribution is 7.12. The Bertz CT molecular complexity index is 651. The maximum Gasteiger partial charge on any atom is 0.220 e. The molecule has 2 heterocycles. The number of aryl methyl sites for hydroxylation is 2. The Labute approximate surface area is 135 Å². The van der Waals surface area contributed by atoms with Crippen molar-refractivity contribution in [3.63, 3.8) is 0 Å². The van der Waals surface area contributed by atoms with Crippen LogP contribution in [-0.4, -0.2) is 27.2 Å². The Hall–Kier alpha value is -1.69. The van der Waals surface area contributed by atoms with Gasteiger partial charge in [0.1, 0.15) is 0 Å². The molecule has 0 atom stereocenters. The highest BCUT2D eigenvalue weighted by atomic mass is 32.1. The molecule has 0 spiro atoms. The summed E-state index contributed by atoms with van der Waals surface area (Å²) in [7, 11) is 0. The average Bonchev–Trinajstić information content (AvgIpc) is 2.93. The fourth-order valence-electron chi connectivity index (χ4n) is 2.21. The molecule has 0 saturated carbocycles. The zero-order chi connectivity index (χ0) is 16.3. The second-order valence-corrected chi connectivity index (χ2v) is 7.63. The number of amides is 1. The molecule has 6 heteroatoms. The quantitative estimate of drug-likeness (QED) is 0.921. The highest BCUT2D eigenvalue weighted by Crippen LogP contribution is 2.18. The summed E-state index contributed by atoms with van der Waals surface area (Å²) in [4.78, 5) is 16.4. The van der Waals surface area contributed by atoms with Crippen LogP contribution in [0.5, 0.6) is 0 Å². The van der Waals surface area contributed by atoms with Gasteiger partial charge in [0.05, 0.1) is 11.4 Å².